The molecule has 3 rings (SSSR count). The maximum atomic E-state index is 12.0. The van der Waals surface area contributed by atoms with E-state index in [0.717, 1.165) is 29.5 Å². The molecule has 0 aliphatic carbocycles. The van der Waals surface area contributed by atoms with Crippen LogP contribution in [-0.4, -0.2) is 19.8 Å². The van der Waals surface area contributed by atoms with E-state index in [1.807, 2.05) is 61.5 Å². The van der Waals surface area contributed by atoms with Crippen molar-refractivity contribution in [1.82, 2.24) is 0 Å². The first kappa shape index (κ1) is 20.8. The van der Waals surface area contributed by atoms with Crippen LogP contribution in [0.25, 0.3) is 0 Å². The summed E-state index contributed by atoms with van der Waals surface area (Å²) in [5.41, 5.74) is 4.50. The second kappa shape index (κ2) is 9.49. The lowest BCUT2D eigenvalue weighted by Crippen LogP contribution is -2.21. The van der Waals surface area contributed by atoms with E-state index in [-0.39, 0.29) is 5.56 Å². The first-order valence-corrected chi connectivity index (χ1v) is 10.3. The summed E-state index contributed by atoms with van der Waals surface area (Å²) in [6.45, 7) is 1.93. The number of aryl methyl sites for hydroxylation is 3. The van der Waals surface area contributed by atoms with Crippen LogP contribution in [0.3, 0.4) is 0 Å². The zero-order chi connectivity index (χ0) is 20.8. The summed E-state index contributed by atoms with van der Waals surface area (Å²) in [5.74, 6) is -0.938. The van der Waals surface area contributed by atoms with Crippen LogP contribution in [0.15, 0.2) is 72.8 Å². The maximum Gasteiger partial charge on any atom is 0.335 e. The first-order valence-electron chi connectivity index (χ1n) is 9.32. The molecule has 6 heteroatoms. The van der Waals surface area contributed by atoms with Gasteiger partial charge in [-0.2, -0.15) is 0 Å². The summed E-state index contributed by atoms with van der Waals surface area (Å²) in [5, 5.41) is 8.98. The predicted octanol–water partition coefficient (Wildman–Crippen LogP) is 4.80. The number of carbonyl (C=O) groups is 1. The molecule has 0 amide bonds. The molecule has 0 aliphatic heterocycles. The van der Waals surface area contributed by atoms with Crippen molar-refractivity contribution in [3.8, 4) is 0 Å². The highest BCUT2D eigenvalue weighted by Gasteiger charge is 2.14. The Balaban J connectivity index is 1.77. The van der Waals surface area contributed by atoms with Gasteiger partial charge in [0.1, 0.15) is 0 Å². The fraction of sp³-hybridized carbons (Fsp3) is 0.174. The van der Waals surface area contributed by atoms with Gasteiger partial charge >= 0.3 is 5.97 Å². The highest BCUT2D eigenvalue weighted by molar-refractivity contribution is 7.81. The summed E-state index contributed by atoms with van der Waals surface area (Å²) < 4.78 is 25.4. The second-order valence-electron chi connectivity index (χ2n) is 6.83. The fourth-order valence-corrected chi connectivity index (χ4v) is 3.90. The molecule has 0 fully saturated rings. The van der Waals surface area contributed by atoms with E-state index in [1.165, 1.54) is 4.31 Å². The Morgan fingerprint density at radius 1 is 1.00 bits per heavy atom. The molecular weight excluding hydrogens is 386 g/mol. The van der Waals surface area contributed by atoms with Crippen molar-refractivity contribution in [2.75, 3.05) is 4.31 Å². The average molecular weight is 408 g/mol. The van der Waals surface area contributed by atoms with E-state index in [1.54, 1.807) is 18.2 Å². The molecule has 3 aromatic carbocycles. The van der Waals surface area contributed by atoms with Crippen LogP contribution >= 0.6 is 0 Å². The van der Waals surface area contributed by atoms with Crippen molar-refractivity contribution in [2.24, 2.45) is 0 Å². The van der Waals surface area contributed by atoms with Crippen LogP contribution < -0.4 is 4.31 Å². The molecule has 29 heavy (non-hydrogen) atoms. The van der Waals surface area contributed by atoms with Crippen LogP contribution in [0.2, 0.25) is 0 Å². The second-order valence-corrected chi connectivity index (χ2v) is 7.63. The van der Waals surface area contributed by atoms with Crippen molar-refractivity contribution in [3.05, 3.63) is 95.1 Å². The molecular formula is C23H22NO4S-. The number of carboxylic acids is 1. The van der Waals surface area contributed by atoms with Gasteiger partial charge in [-0.3, -0.25) is 8.51 Å². The molecule has 0 aromatic heterocycles. The van der Waals surface area contributed by atoms with Gasteiger partial charge in [0.05, 0.1) is 28.2 Å². The van der Waals surface area contributed by atoms with Crippen molar-refractivity contribution in [1.29, 1.82) is 0 Å². The Morgan fingerprint density at radius 2 is 1.72 bits per heavy atom. The quantitative estimate of drug-likeness (QED) is 0.543. The normalized spacial score (nSPS) is 11.8. The molecule has 1 unspecified atom stereocenters. The lowest BCUT2D eigenvalue weighted by molar-refractivity contribution is 0.0697. The summed E-state index contributed by atoms with van der Waals surface area (Å²) >= 11 is -2.44. The van der Waals surface area contributed by atoms with Crippen LogP contribution in [-0.2, 0) is 24.1 Å². The molecule has 1 N–H and O–H groups in total. The zero-order valence-electron chi connectivity index (χ0n) is 16.1. The predicted molar refractivity (Wildman–Crippen MR) is 114 cm³/mol. The molecule has 0 saturated carbocycles. The van der Waals surface area contributed by atoms with E-state index in [9.17, 15) is 13.6 Å². The van der Waals surface area contributed by atoms with Gasteiger partial charge in [0.15, 0.2) is 0 Å². The van der Waals surface area contributed by atoms with Gasteiger partial charge in [0, 0.05) is 0 Å². The summed E-state index contributed by atoms with van der Waals surface area (Å²) in [7, 11) is 0. The number of rotatable bonds is 8. The van der Waals surface area contributed by atoms with Crippen molar-refractivity contribution < 1.29 is 18.7 Å². The Kier molecular flexibility index (Phi) is 6.80. The minimum absolute atomic E-state index is 0.269. The van der Waals surface area contributed by atoms with Gasteiger partial charge in [-0.15, -0.1) is 0 Å². The topological polar surface area (TPSA) is 80.7 Å². The van der Waals surface area contributed by atoms with E-state index < -0.39 is 17.2 Å². The highest BCUT2D eigenvalue weighted by atomic mass is 32.2. The molecule has 0 aliphatic rings. The van der Waals surface area contributed by atoms with E-state index >= 15 is 0 Å². The summed E-state index contributed by atoms with van der Waals surface area (Å²) in [4.78, 5) is 11.0. The third-order valence-electron chi connectivity index (χ3n) is 4.71. The molecule has 1 atom stereocenters. The standard InChI is InChI=1S/C23H23NO4S/c1-17-6-4-10-21(16-17)24(29(27)28)22-11-3-2-8-19(22)9-5-7-18-12-14-20(15-13-18)23(25)26/h2-4,6,8,10-16H,5,7,9H2,1H3,(H,25,26)(H,27,28)/p-1. The number of para-hydroxylation sites is 1. The van der Waals surface area contributed by atoms with Gasteiger partial charge in [0.25, 0.3) is 0 Å². The number of hydrogen-bond donors (Lipinski definition) is 1. The molecule has 0 saturated heterocycles. The Hall–Kier alpha value is -2.96. The first-order chi connectivity index (χ1) is 14.0. The lowest BCUT2D eigenvalue weighted by Gasteiger charge is -2.28. The van der Waals surface area contributed by atoms with E-state index in [0.29, 0.717) is 17.8 Å². The molecule has 0 radical (unpaired) electrons. The van der Waals surface area contributed by atoms with Crippen LogP contribution in [0.5, 0.6) is 0 Å². The fourth-order valence-electron chi connectivity index (χ4n) is 3.28. The third-order valence-corrected chi connectivity index (χ3v) is 5.41. The van der Waals surface area contributed by atoms with E-state index in [2.05, 4.69) is 0 Å². The van der Waals surface area contributed by atoms with Crippen molar-refractivity contribution >= 4 is 28.6 Å². The molecule has 150 valence electrons. The zero-order valence-corrected chi connectivity index (χ0v) is 16.9. The van der Waals surface area contributed by atoms with Crippen molar-refractivity contribution in [3.63, 3.8) is 0 Å². The van der Waals surface area contributed by atoms with Gasteiger partial charge in [-0.25, -0.2) is 4.79 Å². The monoisotopic (exact) mass is 408 g/mol. The molecule has 3 aromatic rings. The van der Waals surface area contributed by atoms with Gasteiger partial charge in [-0.05, 0) is 73.2 Å². The Morgan fingerprint density at radius 3 is 2.38 bits per heavy atom. The number of aromatic carboxylic acids is 1. The minimum Gasteiger partial charge on any atom is -0.755 e. The molecule has 0 spiro atoms. The maximum absolute atomic E-state index is 12.0. The highest BCUT2D eigenvalue weighted by Crippen LogP contribution is 2.31. The van der Waals surface area contributed by atoms with Crippen molar-refractivity contribution in [2.45, 2.75) is 26.2 Å². The molecule has 0 bridgehead atoms. The third kappa shape index (κ3) is 5.31. The number of carboxylic acid groups (broad SMARTS) is 1. The molecule has 0 heterocycles. The molecule has 5 nitrogen and oxygen atoms in total. The number of benzene rings is 3. The van der Waals surface area contributed by atoms with Crippen LogP contribution in [0, 0.1) is 6.92 Å². The van der Waals surface area contributed by atoms with Gasteiger partial charge < -0.3 is 9.66 Å². The van der Waals surface area contributed by atoms with Crippen LogP contribution in [0.1, 0.15) is 33.5 Å². The lowest BCUT2D eigenvalue weighted by atomic mass is 10.0. The Labute approximate surface area is 173 Å². The largest absolute Gasteiger partial charge is 0.755 e. The van der Waals surface area contributed by atoms with Crippen LogP contribution in [0.4, 0.5) is 11.4 Å². The number of hydrogen-bond acceptors (Lipinski definition) is 3. The number of nitrogens with zero attached hydrogens (tertiary/aromatic N) is 1. The number of anilines is 2. The van der Waals surface area contributed by atoms with E-state index in [4.69, 9.17) is 5.11 Å². The summed E-state index contributed by atoms with van der Waals surface area (Å²) in [6.07, 6.45) is 2.30. The smallest absolute Gasteiger partial charge is 0.335 e. The van der Waals surface area contributed by atoms with Gasteiger partial charge in [-0.1, -0.05) is 42.5 Å². The summed E-state index contributed by atoms with van der Waals surface area (Å²) in [6, 6.07) is 21.7. The Bertz CT molecular complexity index is 1020. The van der Waals surface area contributed by atoms with Gasteiger partial charge in [0.2, 0.25) is 0 Å². The average Bonchev–Trinajstić information content (AvgIpc) is 2.69. The SMILES string of the molecule is Cc1cccc(N(c2ccccc2CCCc2ccc(C(=O)O)cc2)S(=O)[O-])c1. The minimum atomic E-state index is -2.44.